The Hall–Kier alpha value is -0.420. The molecule has 0 heterocycles. The van der Waals surface area contributed by atoms with E-state index in [1.54, 1.807) is 0 Å². The highest BCUT2D eigenvalue weighted by atomic mass is 31.2. The van der Waals surface area contributed by atoms with Crippen LogP contribution in [0.3, 0.4) is 0 Å². The molecule has 0 atom stereocenters. The molecule has 0 aromatic rings. The van der Waals surface area contributed by atoms with Crippen LogP contribution in [0.2, 0.25) is 0 Å². The van der Waals surface area contributed by atoms with Crippen molar-refractivity contribution in [3.8, 4) is 0 Å². The Morgan fingerprint density at radius 3 is 2.30 bits per heavy atom. The van der Waals surface area contributed by atoms with Crippen LogP contribution in [-0.4, -0.2) is 33.7 Å². The third-order valence-corrected chi connectivity index (χ3v) is 1.23. The maximum absolute atomic E-state index is 10.1. The van der Waals surface area contributed by atoms with Gasteiger partial charge in [-0.15, -0.1) is 0 Å². The quantitative estimate of drug-likeness (QED) is 0.240. The number of carboxylic acid groups (broad SMARTS) is 1. The molecule has 0 aliphatic carbocycles. The Balaban J connectivity index is 3.39. The summed E-state index contributed by atoms with van der Waals surface area (Å²) in [7, 11) is -4.10. The highest BCUT2D eigenvalue weighted by molar-refractivity contribution is 7.51. The van der Waals surface area contributed by atoms with Gasteiger partial charge in [-0.2, -0.15) is 0 Å². The van der Waals surface area contributed by atoms with Crippen LogP contribution < -0.4 is 5.32 Å². The van der Waals surface area contributed by atoms with Gasteiger partial charge in [0.05, 0.1) is 12.8 Å². The average molecular weight is 171 g/mol. The standard InChI is InChI=1S/C3H8NO5P/c5-3(6)1-4-2-10(7,8)9/h4H,1-2H2,(H,5,6)(H2,7,8,9)/i1+1,4+1. The normalized spacial score (nSPS) is 11.4. The van der Waals surface area contributed by atoms with Crippen LogP contribution in [0, 0.1) is 0 Å². The molecule has 10 heavy (non-hydrogen) atoms. The van der Waals surface area contributed by atoms with Crippen molar-refractivity contribution in [2.45, 2.75) is 0 Å². The van der Waals surface area contributed by atoms with Gasteiger partial charge in [0, 0.05) is 0 Å². The number of hydrogen-bond acceptors (Lipinski definition) is 3. The Kier molecular flexibility index (Phi) is 3.52. The van der Waals surface area contributed by atoms with E-state index in [-0.39, 0.29) is 0 Å². The van der Waals surface area contributed by atoms with E-state index in [9.17, 15) is 9.36 Å². The predicted octanol–water partition coefficient (Wildman–Crippen LogP) is -1.20. The first-order valence-electron chi connectivity index (χ1n) is 2.39. The van der Waals surface area contributed by atoms with Crippen LogP contribution in [0.1, 0.15) is 0 Å². The zero-order valence-corrected chi connectivity index (χ0v) is 5.91. The van der Waals surface area contributed by atoms with Gasteiger partial charge in [-0.1, -0.05) is 0 Å². The summed E-state index contributed by atoms with van der Waals surface area (Å²) in [6, 6.07) is 0. The first-order chi connectivity index (χ1) is 4.42. The summed E-state index contributed by atoms with van der Waals surface area (Å²) in [6.45, 7) is -0.439. The molecule has 0 radical (unpaired) electrons. The maximum atomic E-state index is 10.1. The molecule has 0 saturated heterocycles. The predicted molar refractivity (Wildman–Crippen MR) is 32.5 cm³/mol. The van der Waals surface area contributed by atoms with Gasteiger partial charge in [0.15, 0.2) is 0 Å². The summed E-state index contributed by atoms with van der Waals surface area (Å²) >= 11 is 0. The molecule has 0 aliphatic rings. The monoisotopic (exact) mass is 171 g/mol. The van der Waals surface area contributed by atoms with E-state index in [0.29, 0.717) is 0 Å². The van der Waals surface area contributed by atoms with Crippen molar-refractivity contribution in [3.05, 3.63) is 0 Å². The topological polar surface area (TPSA) is 107 Å². The summed E-state index contributed by atoms with van der Waals surface area (Å²) in [4.78, 5) is 26.1. The smallest absolute Gasteiger partial charge is 0.339 e. The molecule has 0 saturated carbocycles. The van der Waals surface area contributed by atoms with Gasteiger partial charge >= 0.3 is 13.6 Å². The Bertz CT molecular complexity index is 162. The number of carboxylic acids is 1. The van der Waals surface area contributed by atoms with E-state index in [2.05, 4.69) is 5.32 Å². The summed E-state index contributed by atoms with van der Waals surface area (Å²) in [5.74, 6) is -1.14. The summed E-state index contributed by atoms with van der Waals surface area (Å²) in [5, 5.41) is 10.1. The molecule has 0 unspecified atom stereocenters. The van der Waals surface area contributed by atoms with Gasteiger partial charge < -0.3 is 14.9 Å². The molecule has 0 amide bonds. The Morgan fingerprint density at radius 2 is 2.00 bits per heavy atom. The van der Waals surface area contributed by atoms with Crippen molar-refractivity contribution >= 4 is 13.6 Å². The minimum Gasteiger partial charge on any atom is -0.480 e. The SMILES string of the molecule is O=C(O)[13CH2][15NH]CP(=O)(O)O. The molecule has 0 aliphatic heterocycles. The van der Waals surface area contributed by atoms with Gasteiger partial charge in [-0.25, -0.2) is 0 Å². The lowest BCUT2D eigenvalue weighted by atomic mass is 11.1. The fraction of sp³-hybridized carbons (Fsp3) is 0.667. The zero-order chi connectivity index (χ0) is 8.20. The number of nitrogens with one attached hydrogen (secondary N) is 1. The molecule has 0 bridgehead atoms. The number of carbonyl (C=O) groups is 1. The molecule has 60 valence electrons. The van der Waals surface area contributed by atoms with Crippen molar-refractivity contribution in [1.82, 2.24) is 5.32 Å². The molecular weight excluding hydrogens is 163 g/mol. The lowest BCUT2D eigenvalue weighted by Crippen LogP contribution is -2.23. The summed E-state index contributed by atoms with van der Waals surface area (Å²) in [5.41, 5.74) is 0. The van der Waals surface area contributed by atoms with Crippen LogP contribution in [0.4, 0.5) is 0 Å². The molecule has 0 fully saturated rings. The van der Waals surface area contributed by atoms with Gasteiger partial charge in [-0.05, 0) is 0 Å². The highest BCUT2D eigenvalue weighted by Gasteiger charge is 2.11. The fourth-order valence-corrected chi connectivity index (χ4v) is 0.712. The van der Waals surface area contributed by atoms with E-state index in [1.807, 2.05) is 0 Å². The van der Waals surface area contributed by atoms with Crippen LogP contribution in [0.15, 0.2) is 0 Å². The van der Waals surface area contributed by atoms with Crippen LogP contribution in [0.25, 0.3) is 0 Å². The van der Waals surface area contributed by atoms with Gasteiger partial charge in [0.2, 0.25) is 0 Å². The van der Waals surface area contributed by atoms with E-state index in [4.69, 9.17) is 14.9 Å². The average Bonchev–Trinajstić information content (AvgIpc) is 1.59. The Morgan fingerprint density at radius 1 is 1.50 bits per heavy atom. The number of hydrogen-bond donors (Lipinski definition) is 4. The summed E-state index contributed by atoms with van der Waals surface area (Å²) < 4.78 is 10.1. The van der Waals surface area contributed by atoms with Crippen molar-refractivity contribution in [1.29, 1.82) is 0 Å². The minimum atomic E-state index is -4.10. The molecule has 0 rings (SSSR count). The second kappa shape index (κ2) is 3.68. The fourth-order valence-electron chi connectivity index (χ4n) is 0.308. The molecule has 0 aromatic heterocycles. The second-order valence-electron chi connectivity index (χ2n) is 1.64. The first-order valence-corrected chi connectivity index (χ1v) is 4.18. The maximum Gasteiger partial charge on any atom is 0.339 e. The lowest BCUT2D eigenvalue weighted by molar-refractivity contribution is -0.135. The van der Waals surface area contributed by atoms with E-state index >= 15 is 0 Å². The van der Waals surface area contributed by atoms with Crippen molar-refractivity contribution in [2.24, 2.45) is 0 Å². The molecule has 6 nitrogen and oxygen atoms in total. The van der Waals surface area contributed by atoms with Crippen molar-refractivity contribution in [3.63, 3.8) is 0 Å². The number of aliphatic carboxylic acids is 1. The molecule has 0 aromatic carbocycles. The third-order valence-electron chi connectivity index (χ3n) is 0.594. The molecule has 0 spiro atoms. The van der Waals surface area contributed by atoms with Crippen LogP contribution >= 0.6 is 7.60 Å². The van der Waals surface area contributed by atoms with E-state index < -0.39 is 26.4 Å². The highest BCUT2D eigenvalue weighted by Crippen LogP contribution is 2.31. The van der Waals surface area contributed by atoms with Crippen LogP contribution in [-0.2, 0) is 9.36 Å². The third kappa shape index (κ3) is 7.58. The molecule has 4 N–H and O–H groups in total. The van der Waals surface area contributed by atoms with Gasteiger partial charge in [0.25, 0.3) is 0 Å². The van der Waals surface area contributed by atoms with E-state index in [1.165, 1.54) is 0 Å². The van der Waals surface area contributed by atoms with E-state index in [0.717, 1.165) is 0 Å². The Labute approximate surface area is 57.0 Å². The van der Waals surface area contributed by atoms with Gasteiger partial charge in [-0.3, -0.25) is 14.7 Å². The largest absolute Gasteiger partial charge is 0.480 e. The second-order valence-corrected chi connectivity index (χ2v) is 3.29. The lowest BCUT2D eigenvalue weighted by Gasteiger charge is -2.02. The van der Waals surface area contributed by atoms with Crippen molar-refractivity contribution < 1.29 is 24.3 Å². The molecular formula is C3H8NO5P. The van der Waals surface area contributed by atoms with Gasteiger partial charge in [0.1, 0.15) is 0 Å². The van der Waals surface area contributed by atoms with Crippen LogP contribution in [0.5, 0.6) is 0 Å². The van der Waals surface area contributed by atoms with Crippen molar-refractivity contribution in [2.75, 3.05) is 12.8 Å². The molecule has 7 heteroatoms. The summed E-state index contributed by atoms with van der Waals surface area (Å²) in [6.07, 6.45) is -0.598. The zero-order valence-electron chi connectivity index (χ0n) is 5.02. The number of rotatable bonds is 4. The first kappa shape index (κ1) is 9.58. The minimum absolute atomic E-state index is 0.439.